The molecule has 0 spiro atoms. The van der Waals surface area contributed by atoms with E-state index in [2.05, 4.69) is 10.3 Å². The molecule has 0 bridgehead atoms. The Balaban J connectivity index is 1.45. The van der Waals surface area contributed by atoms with Gasteiger partial charge in [0.25, 0.3) is 0 Å². The van der Waals surface area contributed by atoms with Crippen LogP contribution in [0.3, 0.4) is 0 Å². The van der Waals surface area contributed by atoms with Gasteiger partial charge in [-0.2, -0.15) is 4.31 Å². The lowest BCUT2D eigenvalue weighted by atomic mass is 10.1. The van der Waals surface area contributed by atoms with Crippen molar-refractivity contribution in [2.75, 3.05) is 18.4 Å². The first-order chi connectivity index (χ1) is 14.3. The van der Waals surface area contributed by atoms with Gasteiger partial charge in [0.1, 0.15) is 0 Å². The molecule has 0 aliphatic carbocycles. The lowest BCUT2D eigenvalue weighted by Gasteiger charge is -2.15. The zero-order chi connectivity index (χ0) is 21.3. The number of rotatable bonds is 6. The standard InChI is InChI=1S/C22H26N4O3S/c1-16-5-7-19(17(2)13-16)24-22(27)9-12-25-15-23-20-14-18(6-8-21(20)25)30(28,29)26-10-3-4-11-26/h5-8,13-15H,3-4,9-12H2,1-2H3,(H,24,27). The maximum atomic E-state index is 12.8. The number of hydrogen-bond acceptors (Lipinski definition) is 4. The van der Waals surface area contributed by atoms with Gasteiger partial charge in [0.15, 0.2) is 0 Å². The molecule has 1 saturated heterocycles. The molecule has 3 aromatic rings. The Morgan fingerprint density at radius 1 is 1.10 bits per heavy atom. The zero-order valence-corrected chi connectivity index (χ0v) is 18.1. The van der Waals surface area contributed by atoms with Crippen molar-refractivity contribution in [3.05, 3.63) is 53.9 Å². The second-order valence-electron chi connectivity index (χ2n) is 7.82. The van der Waals surface area contributed by atoms with Crippen LogP contribution >= 0.6 is 0 Å². The Bertz CT molecular complexity index is 1190. The van der Waals surface area contributed by atoms with Gasteiger partial charge in [-0.1, -0.05) is 17.7 Å². The molecule has 0 radical (unpaired) electrons. The molecule has 7 nitrogen and oxygen atoms in total. The first kappa shape index (κ1) is 20.6. The molecule has 0 unspecified atom stereocenters. The molecule has 2 heterocycles. The minimum absolute atomic E-state index is 0.0722. The lowest BCUT2D eigenvalue weighted by molar-refractivity contribution is -0.116. The third-order valence-electron chi connectivity index (χ3n) is 5.53. The Morgan fingerprint density at radius 2 is 1.87 bits per heavy atom. The fourth-order valence-corrected chi connectivity index (χ4v) is 5.39. The summed E-state index contributed by atoms with van der Waals surface area (Å²) in [5, 5.41) is 2.95. The topological polar surface area (TPSA) is 84.3 Å². The number of carbonyl (C=O) groups is 1. The normalized spacial score (nSPS) is 15.0. The van der Waals surface area contributed by atoms with E-state index in [0.717, 1.165) is 35.2 Å². The molecule has 1 aromatic heterocycles. The fraction of sp³-hybridized carbons (Fsp3) is 0.364. The van der Waals surface area contributed by atoms with Gasteiger partial charge < -0.3 is 9.88 Å². The number of carbonyl (C=O) groups excluding carboxylic acids is 1. The van der Waals surface area contributed by atoms with Crippen LogP contribution in [-0.4, -0.2) is 41.3 Å². The highest BCUT2D eigenvalue weighted by Crippen LogP contribution is 2.24. The van der Waals surface area contributed by atoms with Crippen molar-refractivity contribution in [1.29, 1.82) is 0 Å². The van der Waals surface area contributed by atoms with Crippen molar-refractivity contribution in [3.63, 3.8) is 0 Å². The van der Waals surface area contributed by atoms with Crippen molar-refractivity contribution < 1.29 is 13.2 Å². The monoisotopic (exact) mass is 426 g/mol. The second kappa shape index (κ2) is 8.20. The number of fused-ring (bicyclic) bond motifs is 1. The van der Waals surface area contributed by atoms with E-state index in [1.807, 2.05) is 36.6 Å². The number of imidazole rings is 1. The fourth-order valence-electron chi connectivity index (χ4n) is 3.85. The molecule has 1 aliphatic rings. The van der Waals surface area contributed by atoms with Crippen molar-refractivity contribution >= 4 is 32.7 Å². The van der Waals surface area contributed by atoms with Gasteiger partial charge in [-0.05, 0) is 56.5 Å². The van der Waals surface area contributed by atoms with E-state index in [-0.39, 0.29) is 10.8 Å². The van der Waals surface area contributed by atoms with E-state index in [1.54, 1.807) is 24.5 Å². The molecule has 2 aromatic carbocycles. The number of nitrogens with one attached hydrogen (secondary N) is 1. The van der Waals surface area contributed by atoms with Crippen molar-refractivity contribution in [3.8, 4) is 0 Å². The van der Waals surface area contributed by atoms with E-state index in [0.29, 0.717) is 31.6 Å². The average molecular weight is 427 g/mol. The van der Waals surface area contributed by atoms with Crippen LogP contribution in [0, 0.1) is 13.8 Å². The second-order valence-corrected chi connectivity index (χ2v) is 9.75. The molecule has 0 saturated carbocycles. The summed E-state index contributed by atoms with van der Waals surface area (Å²) in [7, 11) is -3.47. The molecule has 158 valence electrons. The molecule has 1 fully saturated rings. The highest BCUT2D eigenvalue weighted by molar-refractivity contribution is 7.89. The van der Waals surface area contributed by atoms with Crippen LogP contribution in [0.25, 0.3) is 11.0 Å². The SMILES string of the molecule is Cc1ccc(NC(=O)CCn2cnc3cc(S(=O)(=O)N4CCCC4)ccc32)c(C)c1. The van der Waals surface area contributed by atoms with E-state index in [4.69, 9.17) is 0 Å². The van der Waals surface area contributed by atoms with E-state index < -0.39 is 10.0 Å². The van der Waals surface area contributed by atoms with Gasteiger partial charge in [-0.15, -0.1) is 0 Å². The summed E-state index contributed by atoms with van der Waals surface area (Å²) in [6.07, 6.45) is 3.76. The number of aryl methyl sites for hydroxylation is 3. The summed E-state index contributed by atoms with van der Waals surface area (Å²) in [5.41, 5.74) is 4.43. The van der Waals surface area contributed by atoms with Crippen LogP contribution in [0.2, 0.25) is 0 Å². The van der Waals surface area contributed by atoms with Crippen LogP contribution in [-0.2, 0) is 21.4 Å². The molecule has 1 amide bonds. The van der Waals surface area contributed by atoms with Crippen molar-refractivity contribution in [1.82, 2.24) is 13.9 Å². The van der Waals surface area contributed by atoms with E-state index in [1.165, 1.54) is 4.31 Å². The summed E-state index contributed by atoms with van der Waals surface area (Å²) < 4.78 is 28.9. The number of hydrogen-bond donors (Lipinski definition) is 1. The Kier molecular flexibility index (Phi) is 5.62. The molecule has 4 rings (SSSR count). The van der Waals surface area contributed by atoms with Crippen LogP contribution in [0.5, 0.6) is 0 Å². The molecule has 30 heavy (non-hydrogen) atoms. The minimum Gasteiger partial charge on any atom is -0.330 e. The Morgan fingerprint density at radius 3 is 2.60 bits per heavy atom. The molecular formula is C22H26N4O3S. The average Bonchev–Trinajstić information content (AvgIpc) is 3.38. The third-order valence-corrected chi connectivity index (χ3v) is 7.43. The third kappa shape index (κ3) is 4.11. The zero-order valence-electron chi connectivity index (χ0n) is 17.3. The highest BCUT2D eigenvalue weighted by atomic mass is 32.2. The Labute approximate surface area is 176 Å². The highest BCUT2D eigenvalue weighted by Gasteiger charge is 2.27. The largest absolute Gasteiger partial charge is 0.330 e. The summed E-state index contributed by atoms with van der Waals surface area (Å²) in [5.74, 6) is -0.0722. The summed E-state index contributed by atoms with van der Waals surface area (Å²) in [4.78, 5) is 17.0. The quantitative estimate of drug-likeness (QED) is 0.654. The van der Waals surface area contributed by atoms with Gasteiger partial charge in [0, 0.05) is 31.7 Å². The number of sulfonamides is 1. The van der Waals surface area contributed by atoms with Crippen LogP contribution < -0.4 is 5.32 Å². The van der Waals surface area contributed by atoms with Crippen LogP contribution in [0.1, 0.15) is 30.4 Å². The maximum absolute atomic E-state index is 12.8. The lowest BCUT2D eigenvalue weighted by Crippen LogP contribution is -2.27. The molecule has 1 N–H and O–H groups in total. The molecule has 1 aliphatic heterocycles. The molecule has 8 heteroatoms. The van der Waals surface area contributed by atoms with E-state index >= 15 is 0 Å². The minimum atomic E-state index is -3.47. The smallest absolute Gasteiger partial charge is 0.243 e. The van der Waals surface area contributed by atoms with E-state index in [9.17, 15) is 13.2 Å². The number of benzene rings is 2. The van der Waals surface area contributed by atoms with Crippen LogP contribution in [0.4, 0.5) is 5.69 Å². The number of nitrogens with zero attached hydrogens (tertiary/aromatic N) is 3. The molecule has 0 atom stereocenters. The van der Waals surface area contributed by atoms with Crippen molar-refractivity contribution in [2.45, 2.75) is 44.6 Å². The van der Waals surface area contributed by atoms with Gasteiger partial charge in [0.2, 0.25) is 15.9 Å². The van der Waals surface area contributed by atoms with Gasteiger partial charge in [-0.3, -0.25) is 4.79 Å². The number of aromatic nitrogens is 2. The summed E-state index contributed by atoms with van der Waals surface area (Å²) in [6.45, 7) is 5.60. The number of anilines is 1. The summed E-state index contributed by atoms with van der Waals surface area (Å²) >= 11 is 0. The predicted molar refractivity (Wildman–Crippen MR) is 117 cm³/mol. The number of amides is 1. The van der Waals surface area contributed by atoms with Gasteiger partial charge >= 0.3 is 0 Å². The first-order valence-corrected chi connectivity index (χ1v) is 11.6. The van der Waals surface area contributed by atoms with Gasteiger partial charge in [-0.25, -0.2) is 13.4 Å². The maximum Gasteiger partial charge on any atom is 0.243 e. The first-order valence-electron chi connectivity index (χ1n) is 10.2. The predicted octanol–water partition coefficient (Wildman–Crippen LogP) is 3.47. The van der Waals surface area contributed by atoms with Crippen LogP contribution in [0.15, 0.2) is 47.6 Å². The molecular weight excluding hydrogens is 400 g/mol. The van der Waals surface area contributed by atoms with Gasteiger partial charge in [0.05, 0.1) is 22.3 Å². The summed E-state index contributed by atoms with van der Waals surface area (Å²) in [6, 6.07) is 10.9. The Hall–Kier alpha value is -2.71. The van der Waals surface area contributed by atoms with Crippen molar-refractivity contribution in [2.24, 2.45) is 0 Å².